The van der Waals surface area contributed by atoms with E-state index in [0.717, 1.165) is 5.56 Å². The fraction of sp³-hybridized carbons (Fsp3) is 0.462. The van der Waals surface area contributed by atoms with E-state index in [-0.39, 0.29) is 18.1 Å². The number of carbonyl (C=O) groups excluding carboxylic acids is 1. The van der Waals surface area contributed by atoms with Gasteiger partial charge in [0, 0.05) is 25.3 Å². The number of amides is 1. The van der Waals surface area contributed by atoms with E-state index in [1.807, 2.05) is 0 Å². The summed E-state index contributed by atoms with van der Waals surface area (Å²) >= 11 is 0. The van der Waals surface area contributed by atoms with Gasteiger partial charge in [-0.3, -0.25) is 14.9 Å². The van der Waals surface area contributed by atoms with Gasteiger partial charge in [-0.15, -0.1) is 0 Å². The number of hydrogen-bond donors (Lipinski definition) is 2. The van der Waals surface area contributed by atoms with Crippen molar-refractivity contribution in [1.29, 1.82) is 0 Å². The maximum atomic E-state index is 11.7. The Hall–Kier alpha value is -1.99. The second-order valence-corrected chi connectivity index (χ2v) is 4.43. The van der Waals surface area contributed by atoms with Crippen molar-refractivity contribution < 1.29 is 14.5 Å². The smallest absolute Gasteiger partial charge is 0.274 e. The summed E-state index contributed by atoms with van der Waals surface area (Å²) in [6, 6.07) is 3.07. The number of carbonyl (C=O) groups is 1. The molecule has 0 aromatic heterocycles. The molecule has 2 N–H and O–H groups in total. The Morgan fingerprint density at radius 3 is 2.65 bits per heavy atom. The van der Waals surface area contributed by atoms with Gasteiger partial charge < -0.3 is 15.4 Å². The lowest BCUT2D eigenvalue weighted by Gasteiger charge is -2.10. The number of anilines is 1. The first-order valence-electron chi connectivity index (χ1n) is 6.21. The van der Waals surface area contributed by atoms with Gasteiger partial charge in [-0.1, -0.05) is 0 Å². The van der Waals surface area contributed by atoms with Crippen LogP contribution in [0.25, 0.3) is 0 Å². The van der Waals surface area contributed by atoms with Crippen molar-refractivity contribution in [2.45, 2.75) is 13.8 Å². The van der Waals surface area contributed by atoms with Crippen LogP contribution in [0.2, 0.25) is 0 Å². The summed E-state index contributed by atoms with van der Waals surface area (Å²) in [5.74, 6) is -0.248. The van der Waals surface area contributed by atoms with Gasteiger partial charge in [0.15, 0.2) is 0 Å². The molecule has 0 saturated heterocycles. The number of nitro benzene ring substituents is 1. The van der Waals surface area contributed by atoms with Crippen molar-refractivity contribution in [2.24, 2.45) is 0 Å². The maximum Gasteiger partial charge on any atom is 0.274 e. The lowest BCUT2D eigenvalue weighted by molar-refractivity contribution is -0.385. The molecule has 0 spiro atoms. The van der Waals surface area contributed by atoms with E-state index < -0.39 is 4.92 Å². The standard InChI is InChI=1S/C13H19N3O4/c1-9-6-10(2)12(16(18)19)7-11(9)15-13(17)8-14-4-5-20-3/h6-7,14H,4-5,8H2,1-3H3,(H,15,17). The quantitative estimate of drug-likeness (QED) is 0.447. The van der Waals surface area contributed by atoms with Gasteiger partial charge in [0.25, 0.3) is 5.69 Å². The van der Waals surface area contributed by atoms with Crippen LogP contribution in [0.15, 0.2) is 12.1 Å². The van der Waals surface area contributed by atoms with E-state index >= 15 is 0 Å². The Balaban J connectivity index is 2.69. The van der Waals surface area contributed by atoms with E-state index in [4.69, 9.17) is 4.74 Å². The lowest BCUT2D eigenvalue weighted by atomic mass is 10.1. The Kier molecular flexibility index (Phi) is 6.08. The molecular weight excluding hydrogens is 262 g/mol. The number of nitrogens with one attached hydrogen (secondary N) is 2. The highest BCUT2D eigenvalue weighted by atomic mass is 16.6. The first-order valence-corrected chi connectivity index (χ1v) is 6.21. The van der Waals surface area contributed by atoms with E-state index in [9.17, 15) is 14.9 Å². The highest BCUT2D eigenvalue weighted by Crippen LogP contribution is 2.26. The predicted molar refractivity (Wildman–Crippen MR) is 75.9 cm³/mol. The summed E-state index contributed by atoms with van der Waals surface area (Å²) in [6.07, 6.45) is 0. The molecular formula is C13H19N3O4. The molecule has 1 aromatic rings. The minimum absolute atomic E-state index is 0.00163. The fourth-order valence-electron chi connectivity index (χ4n) is 1.74. The molecule has 0 saturated carbocycles. The zero-order valence-electron chi connectivity index (χ0n) is 11.9. The first-order chi connectivity index (χ1) is 9.45. The Labute approximate surface area is 117 Å². The van der Waals surface area contributed by atoms with Crippen molar-refractivity contribution in [3.8, 4) is 0 Å². The lowest BCUT2D eigenvalue weighted by Crippen LogP contribution is -2.30. The molecule has 0 radical (unpaired) electrons. The van der Waals surface area contributed by atoms with Gasteiger partial charge in [-0.05, 0) is 25.5 Å². The molecule has 0 unspecified atom stereocenters. The van der Waals surface area contributed by atoms with Gasteiger partial charge in [0.05, 0.1) is 23.8 Å². The van der Waals surface area contributed by atoms with Crippen LogP contribution in [0.1, 0.15) is 11.1 Å². The van der Waals surface area contributed by atoms with Crippen LogP contribution >= 0.6 is 0 Å². The average molecular weight is 281 g/mol. The van der Waals surface area contributed by atoms with E-state index in [1.165, 1.54) is 6.07 Å². The minimum atomic E-state index is -0.457. The summed E-state index contributed by atoms with van der Waals surface area (Å²) in [6.45, 7) is 4.68. The number of methoxy groups -OCH3 is 1. The van der Waals surface area contributed by atoms with Gasteiger partial charge in [0.1, 0.15) is 0 Å². The highest BCUT2D eigenvalue weighted by molar-refractivity contribution is 5.93. The van der Waals surface area contributed by atoms with Crippen molar-refractivity contribution in [3.05, 3.63) is 33.4 Å². The van der Waals surface area contributed by atoms with Crippen LogP contribution in [0.3, 0.4) is 0 Å². The molecule has 0 aliphatic carbocycles. The number of benzene rings is 1. The highest BCUT2D eigenvalue weighted by Gasteiger charge is 2.14. The SMILES string of the molecule is COCCNCC(=O)Nc1cc([N+](=O)[O-])c(C)cc1C. The summed E-state index contributed by atoms with van der Waals surface area (Å²) in [5.41, 5.74) is 1.82. The molecule has 0 bridgehead atoms. The third-order valence-corrected chi connectivity index (χ3v) is 2.78. The van der Waals surface area contributed by atoms with Crippen LogP contribution in [0, 0.1) is 24.0 Å². The summed E-state index contributed by atoms with van der Waals surface area (Å²) < 4.78 is 4.85. The molecule has 0 heterocycles. The van der Waals surface area contributed by atoms with Crippen molar-refractivity contribution in [2.75, 3.05) is 32.1 Å². The Morgan fingerprint density at radius 1 is 1.35 bits per heavy atom. The number of nitrogens with zero attached hydrogens (tertiary/aromatic N) is 1. The molecule has 0 aliphatic rings. The molecule has 7 nitrogen and oxygen atoms in total. The van der Waals surface area contributed by atoms with Gasteiger partial charge in [-0.2, -0.15) is 0 Å². The van der Waals surface area contributed by atoms with Gasteiger partial charge in [-0.25, -0.2) is 0 Å². The van der Waals surface area contributed by atoms with Crippen LogP contribution in [0.4, 0.5) is 11.4 Å². The van der Waals surface area contributed by atoms with Crippen LogP contribution < -0.4 is 10.6 Å². The topological polar surface area (TPSA) is 93.5 Å². The summed E-state index contributed by atoms with van der Waals surface area (Å²) in [4.78, 5) is 22.1. The number of rotatable bonds is 7. The predicted octanol–water partition coefficient (Wildman–Crippen LogP) is 1.39. The number of nitro groups is 1. The van der Waals surface area contributed by atoms with Crippen LogP contribution in [-0.4, -0.2) is 37.6 Å². The van der Waals surface area contributed by atoms with Crippen LogP contribution in [0.5, 0.6) is 0 Å². The van der Waals surface area contributed by atoms with Crippen molar-refractivity contribution in [1.82, 2.24) is 5.32 Å². The second kappa shape index (κ2) is 7.56. The molecule has 1 amide bonds. The second-order valence-electron chi connectivity index (χ2n) is 4.43. The largest absolute Gasteiger partial charge is 0.383 e. The molecule has 1 aromatic carbocycles. The number of hydrogen-bond acceptors (Lipinski definition) is 5. The van der Waals surface area contributed by atoms with E-state index in [1.54, 1.807) is 27.0 Å². The van der Waals surface area contributed by atoms with Crippen LogP contribution in [-0.2, 0) is 9.53 Å². The van der Waals surface area contributed by atoms with Gasteiger partial charge >= 0.3 is 0 Å². The summed E-state index contributed by atoms with van der Waals surface area (Å²) in [7, 11) is 1.58. The Bertz CT molecular complexity index is 503. The molecule has 1 rings (SSSR count). The van der Waals surface area contributed by atoms with E-state index in [0.29, 0.717) is 24.4 Å². The minimum Gasteiger partial charge on any atom is -0.383 e. The molecule has 0 fully saturated rings. The number of ether oxygens (including phenoxy) is 1. The van der Waals surface area contributed by atoms with Gasteiger partial charge in [0.2, 0.25) is 5.91 Å². The van der Waals surface area contributed by atoms with E-state index in [2.05, 4.69) is 10.6 Å². The van der Waals surface area contributed by atoms with Crippen molar-refractivity contribution >= 4 is 17.3 Å². The third kappa shape index (κ3) is 4.60. The zero-order chi connectivity index (χ0) is 15.1. The molecule has 0 atom stereocenters. The third-order valence-electron chi connectivity index (χ3n) is 2.78. The molecule has 20 heavy (non-hydrogen) atoms. The zero-order valence-corrected chi connectivity index (χ0v) is 11.9. The first kappa shape index (κ1) is 16.1. The fourth-order valence-corrected chi connectivity index (χ4v) is 1.74. The normalized spacial score (nSPS) is 10.3. The van der Waals surface area contributed by atoms with Crippen molar-refractivity contribution in [3.63, 3.8) is 0 Å². The Morgan fingerprint density at radius 2 is 2.05 bits per heavy atom. The molecule has 0 aliphatic heterocycles. The molecule has 7 heteroatoms. The number of aryl methyl sites for hydroxylation is 2. The maximum absolute atomic E-state index is 11.7. The molecule has 110 valence electrons. The summed E-state index contributed by atoms with van der Waals surface area (Å²) in [5, 5.41) is 16.4. The monoisotopic (exact) mass is 281 g/mol. The average Bonchev–Trinajstić information content (AvgIpc) is 2.37.